The number of carbonyl (C=O) groups excluding carboxylic acids is 1. The van der Waals surface area contributed by atoms with Gasteiger partial charge < -0.3 is 5.32 Å². The highest BCUT2D eigenvalue weighted by Crippen LogP contribution is 2.23. The van der Waals surface area contributed by atoms with E-state index in [0.29, 0.717) is 17.8 Å². The molecule has 3 rings (SSSR count). The van der Waals surface area contributed by atoms with Gasteiger partial charge in [0, 0.05) is 30.7 Å². The molecule has 1 N–H and O–H groups in total. The monoisotopic (exact) mass is 334 g/mol. The molecule has 0 spiro atoms. The first-order valence-corrected chi connectivity index (χ1v) is 8.63. The second-order valence-corrected chi connectivity index (χ2v) is 5.88. The molecule has 128 valence electrons. The third kappa shape index (κ3) is 4.12. The summed E-state index contributed by atoms with van der Waals surface area (Å²) in [6, 6.07) is 13.5. The van der Waals surface area contributed by atoms with E-state index in [0.717, 1.165) is 30.5 Å². The zero-order valence-corrected chi connectivity index (χ0v) is 14.4. The van der Waals surface area contributed by atoms with Crippen LogP contribution in [0.3, 0.4) is 0 Å². The Kier molecular flexibility index (Phi) is 5.57. The minimum Gasteiger partial charge on any atom is -0.352 e. The van der Waals surface area contributed by atoms with Crippen molar-refractivity contribution in [3.05, 3.63) is 66.6 Å². The SMILES string of the molecule is CCCCCNC(=O)c1cn(-c2ccccc2)nc1-c1cccnc1. The molecule has 5 heteroatoms. The Labute approximate surface area is 147 Å². The molecule has 0 atom stereocenters. The van der Waals surface area contributed by atoms with E-state index in [1.807, 2.05) is 42.5 Å². The average molecular weight is 334 g/mol. The first-order chi connectivity index (χ1) is 12.3. The predicted octanol–water partition coefficient (Wildman–Crippen LogP) is 3.85. The van der Waals surface area contributed by atoms with Crippen LogP contribution >= 0.6 is 0 Å². The molecule has 0 unspecified atom stereocenters. The van der Waals surface area contributed by atoms with Crippen LogP contribution in [0.1, 0.15) is 36.5 Å². The minimum atomic E-state index is -0.0999. The Morgan fingerprint density at radius 3 is 2.68 bits per heavy atom. The number of hydrogen-bond donors (Lipinski definition) is 1. The number of pyridine rings is 1. The van der Waals surface area contributed by atoms with Gasteiger partial charge in [0.15, 0.2) is 0 Å². The molecule has 0 bridgehead atoms. The van der Waals surface area contributed by atoms with Crippen molar-refractivity contribution in [1.29, 1.82) is 0 Å². The summed E-state index contributed by atoms with van der Waals surface area (Å²) in [6.07, 6.45) is 8.44. The summed E-state index contributed by atoms with van der Waals surface area (Å²) in [5.41, 5.74) is 2.95. The van der Waals surface area contributed by atoms with Gasteiger partial charge in [-0.1, -0.05) is 38.0 Å². The van der Waals surface area contributed by atoms with Gasteiger partial charge in [-0.05, 0) is 30.7 Å². The maximum atomic E-state index is 12.7. The number of unbranched alkanes of at least 4 members (excludes halogenated alkanes) is 2. The topological polar surface area (TPSA) is 59.8 Å². The van der Waals surface area contributed by atoms with Crippen LogP contribution in [0.15, 0.2) is 61.1 Å². The molecule has 2 aromatic heterocycles. The van der Waals surface area contributed by atoms with Crippen LogP contribution < -0.4 is 5.32 Å². The van der Waals surface area contributed by atoms with Gasteiger partial charge in [-0.15, -0.1) is 0 Å². The van der Waals surface area contributed by atoms with Crippen molar-refractivity contribution in [3.8, 4) is 16.9 Å². The summed E-state index contributed by atoms with van der Waals surface area (Å²) in [4.78, 5) is 16.8. The first kappa shape index (κ1) is 16.9. The lowest BCUT2D eigenvalue weighted by Gasteiger charge is -2.04. The lowest BCUT2D eigenvalue weighted by molar-refractivity contribution is 0.0953. The summed E-state index contributed by atoms with van der Waals surface area (Å²) in [5.74, 6) is -0.0999. The van der Waals surface area contributed by atoms with Crippen molar-refractivity contribution in [3.63, 3.8) is 0 Å². The van der Waals surface area contributed by atoms with Crippen molar-refractivity contribution >= 4 is 5.91 Å². The molecule has 2 heterocycles. The molecular weight excluding hydrogens is 312 g/mol. The molecule has 0 aliphatic rings. The third-order valence-electron chi connectivity index (χ3n) is 3.98. The van der Waals surface area contributed by atoms with Crippen molar-refractivity contribution in [2.45, 2.75) is 26.2 Å². The van der Waals surface area contributed by atoms with Crippen molar-refractivity contribution in [2.75, 3.05) is 6.54 Å². The van der Waals surface area contributed by atoms with Crippen molar-refractivity contribution < 1.29 is 4.79 Å². The fraction of sp³-hybridized carbons (Fsp3) is 0.250. The molecule has 1 aromatic carbocycles. The van der Waals surface area contributed by atoms with Crippen LogP contribution in [-0.4, -0.2) is 27.2 Å². The summed E-state index contributed by atoms with van der Waals surface area (Å²) >= 11 is 0. The zero-order chi connectivity index (χ0) is 17.5. The fourth-order valence-corrected chi connectivity index (χ4v) is 2.64. The molecule has 0 aliphatic heterocycles. The van der Waals surface area contributed by atoms with E-state index in [2.05, 4.69) is 22.3 Å². The van der Waals surface area contributed by atoms with Crippen LogP contribution in [0, 0.1) is 0 Å². The van der Waals surface area contributed by atoms with Crippen LogP contribution in [0.5, 0.6) is 0 Å². The van der Waals surface area contributed by atoms with E-state index < -0.39 is 0 Å². The van der Waals surface area contributed by atoms with Crippen molar-refractivity contribution in [2.24, 2.45) is 0 Å². The number of benzene rings is 1. The molecule has 0 aliphatic carbocycles. The summed E-state index contributed by atoms with van der Waals surface area (Å²) in [7, 11) is 0. The first-order valence-electron chi connectivity index (χ1n) is 8.63. The number of nitrogens with zero attached hydrogens (tertiary/aromatic N) is 3. The molecule has 5 nitrogen and oxygen atoms in total. The van der Waals surface area contributed by atoms with Crippen molar-refractivity contribution in [1.82, 2.24) is 20.1 Å². The van der Waals surface area contributed by atoms with Gasteiger partial charge in [-0.2, -0.15) is 5.10 Å². The molecule has 25 heavy (non-hydrogen) atoms. The maximum Gasteiger partial charge on any atom is 0.255 e. The Balaban J connectivity index is 1.92. The summed E-state index contributed by atoms with van der Waals surface area (Å²) in [6.45, 7) is 2.82. The Bertz CT molecular complexity index is 812. The van der Waals surface area contributed by atoms with Crippen LogP contribution in [-0.2, 0) is 0 Å². The number of amides is 1. The number of carbonyl (C=O) groups is 1. The van der Waals surface area contributed by atoms with Gasteiger partial charge in [0.1, 0.15) is 5.69 Å². The highest BCUT2D eigenvalue weighted by molar-refractivity contribution is 5.99. The highest BCUT2D eigenvalue weighted by atomic mass is 16.1. The Hall–Kier alpha value is -2.95. The molecule has 0 radical (unpaired) electrons. The quantitative estimate of drug-likeness (QED) is 0.668. The minimum absolute atomic E-state index is 0.0999. The standard InChI is InChI=1S/C20H22N4O/c1-2-3-7-13-22-20(25)18-15-24(17-10-5-4-6-11-17)23-19(18)16-9-8-12-21-14-16/h4-6,8-12,14-15H,2-3,7,13H2,1H3,(H,22,25). The summed E-state index contributed by atoms with van der Waals surface area (Å²) < 4.78 is 1.74. The molecule has 0 saturated carbocycles. The molecule has 0 saturated heterocycles. The number of nitrogens with one attached hydrogen (secondary N) is 1. The van der Waals surface area contributed by atoms with Gasteiger partial charge in [0.05, 0.1) is 11.3 Å². The largest absolute Gasteiger partial charge is 0.352 e. The second-order valence-electron chi connectivity index (χ2n) is 5.88. The smallest absolute Gasteiger partial charge is 0.255 e. The Morgan fingerprint density at radius 2 is 1.96 bits per heavy atom. The van der Waals surface area contributed by atoms with Crippen LogP contribution in [0.25, 0.3) is 16.9 Å². The van der Waals surface area contributed by atoms with E-state index >= 15 is 0 Å². The van der Waals surface area contributed by atoms with Gasteiger partial charge in [0.25, 0.3) is 5.91 Å². The van der Waals surface area contributed by atoms with Gasteiger partial charge in [-0.25, -0.2) is 4.68 Å². The maximum absolute atomic E-state index is 12.7. The third-order valence-corrected chi connectivity index (χ3v) is 3.98. The lowest BCUT2D eigenvalue weighted by Crippen LogP contribution is -2.24. The van der Waals surface area contributed by atoms with Crippen LogP contribution in [0.4, 0.5) is 0 Å². The Morgan fingerprint density at radius 1 is 1.12 bits per heavy atom. The molecule has 1 amide bonds. The molecular formula is C20H22N4O. The number of rotatable bonds is 7. The molecule has 3 aromatic rings. The summed E-state index contributed by atoms with van der Waals surface area (Å²) in [5, 5.41) is 7.63. The number of para-hydroxylation sites is 1. The van der Waals surface area contributed by atoms with E-state index in [-0.39, 0.29) is 5.91 Å². The second kappa shape index (κ2) is 8.24. The lowest BCUT2D eigenvalue weighted by atomic mass is 10.1. The van der Waals surface area contributed by atoms with E-state index in [1.165, 1.54) is 0 Å². The van der Waals surface area contributed by atoms with E-state index in [9.17, 15) is 4.79 Å². The predicted molar refractivity (Wildman–Crippen MR) is 98.7 cm³/mol. The van der Waals surface area contributed by atoms with Gasteiger partial charge >= 0.3 is 0 Å². The fourth-order valence-electron chi connectivity index (χ4n) is 2.64. The normalized spacial score (nSPS) is 10.6. The van der Waals surface area contributed by atoms with Gasteiger partial charge in [0.2, 0.25) is 0 Å². The van der Waals surface area contributed by atoms with Gasteiger partial charge in [-0.3, -0.25) is 9.78 Å². The van der Waals surface area contributed by atoms with Crippen LogP contribution in [0.2, 0.25) is 0 Å². The zero-order valence-electron chi connectivity index (χ0n) is 14.4. The van der Waals surface area contributed by atoms with E-state index in [4.69, 9.17) is 0 Å². The highest BCUT2D eigenvalue weighted by Gasteiger charge is 2.18. The van der Waals surface area contributed by atoms with E-state index in [1.54, 1.807) is 23.3 Å². The number of aromatic nitrogens is 3. The average Bonchev–Trinajstić information content (AvgIpc) is 3.12. The molecule has 0 fully saturated rings. The number of hydrogen-bond acceptors (Lipinski definition) is 3.